The minimum absolute atomic E-state index is 0.0309. The van der Waals surface area contributed by atoms with Crippen LogP contribution in [0.4, 0.5) is 11.4 Å². The Labute approximate surface area is 182 Å². The largest absolute Gasteiger partial charge is 0.469 e. The predicted molar refractivity (Wildman–Crippen MR) is 114 cm³/mol. The van der Waals surface area contributed by atoms with Crippen molar-refractivity contribution >= 4 is 29.0 Å². The molecule has 1 aliphatic heterocycles. The van der Waals surface area contributed by atoms with Crippen molar-refractivity contribution in [1.82, 2.24) is 14.8 Å². The van der Waals surface area contributed by atoms with E-state index < -0.39 is 4.92 Å². The van der Waals surface area contributed by atoms with Gasteiger partial charge >= 0.3 is 0 Å². The molecule has 1 aliphatic rings. The number of non-ortho nitro benzene ring substituents is 1. The second-order valence-electron chi connectivity index (χ2n) is 7.08. The van der Waals surface area contributed by atoms with Gasteiger partial charge in [-0.3, -0.25) is 19.5 Å². The van der Waals surface area contributed by atoms with E-state index in [0.29, 0.717) is 23.2 Å². The third-order valence-electron chi connectivity index (χ3n) is 4.92. The minimum Gasteiger partial charge on any atom is -0.469 e. The highest BCUT2D eigenvalue weighted by atomic mass is 32.2. The number of furan rings is 1. The summed E-state index contributed by atoms with van der Waals surface area (Å²) in [5.41, 5.74) is 1.32. The second kappa shape index (κ2) is 9.31. The number of amides is 1. The van der Waals surface area contributed by atoms with Gasteiger partial charge in [-0.1, -0.05) is 11.8 Å². The molecule has 1 amide bonds. The number of aromatic nitrogens is 3. The molecule has 3 heterocycles. The van der Waals surface area contributed by atoms with Crippen LogP contribution in [0.1, 0.15) is 18.6 Å². The Morgan fingerprint density at radius 1 is 1.32 bits per heavy atom. The lowest BCUT2D eigenvalue weighted by Gasteiger charge is -2.14. The Hall–Kier alpha value is -3.18. The van der Waals surface area contributed by atoms with Crippen LogP contribution in [0.2, 0.25) is 0 Å². The van der Waals surface area contributed by atoms with Gasteiger partial charge in [-0.25, -0.2) is 0 Å². The fourth-order valence-electron chi connectivity index (χ4n) is 3.36. The van der Waals surface area contributed by atoms with E-state index in [2.05, 4.69) is 15.5 Å². The highest BCUT2D eigenvalue weighted by molar-refractivity contribution is 7.99. The summed E-state index contributed by atoms with van der Waals surface area (Å²) in [6, 6.07) is 7.54. The van der Waals surface area contributed by atoms with E-state index in [1.807, 2.05) is 17.6 Å². The molecule has 1 aromatic carbocycles. The van der Waals surface area contributed by atoms with Gasteiger partial charge in [0.1, 0.15) is 5.76 Å². The summed E-state index contributed by atoms with van der Waals surface area (Å²) in [6.45, 7) is 3.21. The number of carbonyl (C=O) groups is 1. The summed E-state index contributed by atoms with van der Waals surface area (Å²) in [5.74, 6) is 1.30. The van der Waals surface area contributed by atoms with Gasteiger partial charge in [0, 0.05) is 24.4 Å². The van der Waals surface area contributed by atoms with Crippen LogP contribution in [0.15, 0.2) is 46.2 Å². The van der Waals surface area contributed by atoms with Gasteiger partial charge in [0.25, 0.3) is 5.69 Å². The zero-order chi connectivity index (χ0) is 21.8. The summed E-state index contributed by atoms with van der Waals surface area (Å²) in [5, 5.41) is 22.7. The average molecular weight is 443 g/mol. The topological polar surface area (TPSA) is 125 Å². The summed E-state index contributed by atoms with van der Waals surface area (Å²) < 4.78 is 13.2. The Morgan fingerprint density at radius 3 is 2.77 bits per heavy atom. The van der Waals surface area contributed by atoms with E-state index in [1.165, 1.54) is 36.0 Å². The minimum atomic E-state index is -0.484. The number of benzene rings is 1. The molecule has 0 unspecified atom stereocenters. The maximum absolute atomic E-state index is 12.4. The molecule has 3 aromatic rings. The molecule has 0 aliphatic carbocycles. The molecule has 0 radical (unpaired) electrons. The van der Waals surface area contributed by atoms with Crippen LogP contribution < -0.4 is 5.32 Å². The number of nitro groups is 1. The van der Waals surface area contributed by atoms with E-state index >= 15 is 0 Å². The van der Waals surface area contributed by atoms with E-state index in [0.717, 1.165) is 30.8 Å². The number of rotatable bonds is 8. The van der Waals surface area contributed by atoms with Crippen molar-refractivity contribution in [3.63, 3.8) is 0 Å². The third-order valence-corrected chi connectivity index (χ3v) is 5.89. The number of ether oxygens (including phenoxy) is 1. The van der Waals surface area contributed by atoms with Crippen molar-refractivity contribution in [3.8, 4) is 11.4 Å². The van der Waals surface area contributed by atoms with Crippen molar-refractivity contribution < 1.29 is 18.9 Å². The summed E-state index contributed by atoms with van der Waals surface area (Å²) in [7, 11) is 0. The van der Waals surface area contributed by atoms with Crippen LogP contribution in [-0.4, -0.2) is 44.1 Å². The van der Waals surface area contributed by atoms with Crippen molar-refractivity contribution in [2.75, 3.05) is 17.7 Å². The quantitative estimate of drug-likeness (QED) is 0.318. The first kappa shape index (κ1) is 21.1. The van der Waals surface area contributed by atoms with E-state index in [1.54, 1.807) is 6.26 Å². The molecule has 1 saturated heterocycles. The smallest absolute Gasteiger partial charge is 0.269 e. The van der Waals surface area contributed by atoms with Crippen LogP contribution in [0.3, 0.4) is 0 Å². The van der Waals surface area contributed by atoms with Crippen LogP contribution in [0.25, 0.3) is 11.4 Å². The van der Waals surface area contributed by atoms with Gasteiger partial charge in [-0.05, 0) is 38.0 Å². The zero-order valence-electron chi connectivity index (χ0n) is 16.8. The van der Waals surface area contributed by atoms with Crippen LogP contribution in [-0.2, 0) is 16.1 Å². The number of thioether (sulfide) groups is 1. The number of anilines is 1. The number of carbonyl (C=O) groups excluding carboxylic acids is 1. The molecule has 0 spiro atoms. The maximum Gasteiger partial charge on any atom is 0.269 e. The van der Waals surface area contributed by atoms with E-state index in [4.69, 9.17) is 9.15 Å². The first-order valence-corrected chi connectivity index (χ1v) is 10.8. The van der Waals surface area contributed by atoms with Crippen molar-refractivity contribution in [3.05, 3.63) is 52.5 Å². The number of nitrogens with one attached hydrogen (secondary N) is 1. The van der Waals surface area contributed by atoms with Gasteiger partial charge in [-0.15, -0.1) is 10.2 Å². The van der Waals surface area contributed by atoms with E-state index in [-0.39, 0.29) is 23.5 Å². The number of hydrogen-bond acceptors (Lipinski definition) is 8. The maximum atomic E-state index is 12.4. The zero-order valence-corrected chi connectivity index (χ0v) is 17.6. The molecule has 2 aromatic heterocycles. The van der Waals surface area contributed by atoms with Gasteiger partial charge in [0.05, 0.1) is 35.2 Å². The molecule has 11 heteroatoms. The Bertz CT molecular complexity index is 1070. The highest BCUT2D eigenvalue weighted by Crippen LogP contribution is 2.29. The molecule has 1 atom stereocenters. The Morgan fingerprint density at radius 2 is 2.13 bits per heavy atom. The SMILES string of the molecule is Cc1occc1-c1nnc(SCC(=O)Nc2ccc([N+](=O)[O-])cc2)n1C[C@H]1CCCO1. The second-order valence-corrected chi connectivity index (χ2v) is 8.03. The first-order valence-electron chi connectivity index (χ1n) is 9.77. The van der Waals surface area contributed by atoms with Gasteiger partial charge in [0.15, 0.2) is 11.0 Å². The molecule has 0 saturated carbocycles. The lowest BCUT2D eigenvalue weighted by Crippen LogP contribution is -2.18. The predicted octanol–water partition coefficient (Wildman–Crippen LogP) is 3.66. The lowest BCUT2D eigenvalue weighted by molar-refractivity contribution is -0.384. The summed E-state index contributed by atoms with van der Waals surface area (Å²) in [4.78, 5) is 22.6. The molecule has 31 heavy (non-hydrogen) atoms. The van der Waals surface area contributed by atoms with Crippen LogP contribution in [0.5, 0.6) is 0 Å². The lowest BCUT2D eigenvalue weighted by atomic mass is 10.2. The monoisotopic (exact) mass is 443 g/mol. The van der Waals surface area contributed by atoms with Gasteiger partial charge in [-0.2, -0.15) is 0 Å². The van der Waals surface area contributed by atoms with Crippen molar-refractivity contribution in [1.29, 1.82) is 0 Å². The number of nitrogens with zero attached hydrogens (tertiary/aromatic N) is 4. The molecule has 1 N–H and O–H groups in total. The van der Waals surface area contributed by atoms with Crippen LogP contribution >= 0.6 is 11.8 Å². The Kier molecular flexibility index (Phi) is 6.33. The number of nitro benzene ring substituents is 1. The fraction of sp³-hybridized carbons (Fsp3) is 0.350. The molecular weight excluding hydrogens is 422 g/mol. The molecule has 10 nitrogen and oxygen atoms in total. The summed E-state index contributed by atoms with van der Waals surface area (Å²) >= 11 is 1.27. The van der Waals surface area contributed by atoms with E-state index in [9.17, 15) is 14.9 Å². The Balaban J connectivity index is 1.45. The fourth-order valence-corrected chi connectivity index (χ4v) is 4.11. The standard InChI is InChI=1S/C20H21N5O5S/c1-13-17(8-10-29-13)19-22-23-20(24(19)11-16-3-2-9-30-16)31-12-18(26)21-14-4-6-15(7-5-14)25(27)28/h4-8,10,16H,2-3,9,11-12H2,1H3,(H,21,26)/t16-/m1/s1. The van der Waals surface area contributed by atoms with Gasteiger partial charge in [0.2, 0.25) is 5.91 Å². The van der Waals surface area contributed by atoms with Crippen molar-refractivity contribution in [2.45, 2.75) is 37.6 Å². The van der Waals surface area contributed by atoms with Crippen molar-refractivity contribution in [2.24, 2.45) is 0 Å². The molecule has 4 rings (SSSR count). The highest BCUT2D eigenvalue weighted by Gasteiger charge is 2.23. The molecule has 1 fully saturated rings. The van der Waals surface area contributed by atoms with Gasteiger partial charge < -0.3 is 14.5 Å². The van der Waals surface area contributed by atoms with Crippen LogP contribution in [0, 0.1) is 17.0 Å². The molecule has 0 bridgehead atoms. The number of aryl methyl sites for hydroxylation is 1. The normalized spacial score (nSPS) is 15.8. The number of hydrogen-bond donors (Lipinski definition) is 1. The average Bonchev–Trinajstić information content (AvgIpc) is 3.49. The molecular formula is C20H21N5O5S. The summed E-state index contributed by atoms with van der Waals surface area (Å²) in [6.07, 6.45) is 3.68. The first-order chi connectivity index (χ1) is 15.0. The molecule has 162 valence electrons. The third kappa shape index (κ3) is 4.94.